The first-order valence-corrected chi connectivity index (χ1v) is 14.6. The van der Waals surface area contributed by atoms with Crippen LogP contribution in [0.3, 0.4) is 0 Å². The van der Waals surface area contributed by atoms with E-state index in [0.29, 0.717) is 43.6 Å². The molecule has 3 heterocycles. The maximum atomic E-state index is 13.5. The zero-order chi connectivity index (χ0) is 29.5. The Morgan fingerprint density at radius 1 is 1.02 bits per heavy atom. The van der Waals surface area contributed by atoms with E-state index in [2.05, 4.69) is 39.1 Å². The lowest BCUT2D eigenvalue weighted by atomic mass is 9.76. The largest absolute Gasteiger partial charge is 0.465 e. The molecule has 2 aromatic carbocycles. The second-order valence-corrected chi connectivity index (χ2v) is 10.6. The molecule has 0 saturated carbocycles. The van der Waals surface area contributed by atoms with Crippen LogP contribution in [0.4, 0.5) is 11.6 Å². The number of fused-ring (bicyclic) bond motifs is 1. The number of anilines is 1. The molecule has 9 nitrogen and oxygen atoms in total. The van der Waals surface area contributed by atoms with Crippen LogP contribution in [0.25, 0.3) is 6.08 Å². The van der Waals surface area contributed by atoms with Crippen molar-refractivity contribution >= 4 is 29.4 Å². The Hall–Kier alpha value is -4.08. The van der Waals surface area contributed by atoms with Gasteiger partial charge in [-0.05, 0) is 25.0 Å². The van der Waals surface area contributed by atoms with E-state index in [4.69, 9.17) is 14.5 Å². The molecule has 2 unspecified atom stereocenters. The minimum atomic E-state index is -0.627. The molecule has 2 aliphatic rings. The Labute approximate surface area is 247 Å². The van der Waals surface area contributed by atoms with Crippen LogP contribution in [0.1, 0.15) is 36.5 Å². The molecule has 2 aliphatic heterocycles. The van der Waals surface area contributed by atoms with Crippen LogP contribution < -0.4 is 10.6 Å². The van der Waals surface area contributed by atoms with Gasteiger partial charge in [0.05, 0.1) is 19.8 Å². The number of nitrogens with zero attached hydrogens (tertiary/aromatic N) is 5. The fraction of sp³-hybridized carbons (Fsp3) is 0.394. The van der Waals surface area contributed by atoms with Crippen LogP contribution in [0.5, 0.6) is 0 Å². The summed E-state index contributed by atoms with van der Waals surface area (Å²) in [6, 6.07) is 20.2. The first-order chi connectivity index (χ1) is 20.5. The average Bonchev–Trinajstić information content (AvgIpc) is 3.01. The summed E-state index contributed by atoms with van der Waals surface area (Å²) in [7, 11) is 1.60. The summed E-state index contributed by atoms with van der Waals surface area (Å²) in [6.07, 6.45) is 4.33. The molecule has 9 heteroatoms. The summed E-state index contributed by atoms with van der Waals surface area (Å²) in [5.41, 5.74) is 3.17. The van der Waals surface area contributed by atoms with E-state index in [0.717, 1.165) is 30.8 Å². The van der Waals surface area contributed by atoms with E-state index in [1.165, 1.54) is 5.56 Å². The fourth-order valence-electron chi connectivity index (χ4n) is 5.82. The monoisotopic (exact) mass is 569 g/mol. The van der Waals surface area contributed by atoms with Gasteiger partial charge in [0.1, 0.15) is 17.6 Å². The van der Waals surface area contributed by atoms with E-state index < -0.39 is 11.8 Å². The number of benzene rings is 2. The number of carbonyl (C=O) groups excluding carboxylic acids is 1. The van der Waals surface area contributed by atoms with Gasteiger partial charge in [-0.3, -0.25) is 14.3 Å². The predicted octanol–water partition coefficient (Wildman–Crippen LogP) is 4.14. The van der Waals surface area contributed by atoms with E-state index in [1.807, 2.05) is 62.4 Å². The van der Waals surface area contributed by atoms with Crippen molar-refractivity contribution in [1.82, 2.24) is 14.5 Å². The molecule has 1 saturated heterocycles. The van der Waals surface area contributed by atoms with Crippen molar-refractivity contribution in [3.8, 4) is 0 Å². The van der Waals surface area contributed by atoms with Crippen LogP contribution in [-0.4, -0.2) is 79.2 Å². The molecule has 0 aliphatic carbocycles. The fourth-order valence-corrected chi connectivity index (χ4v) is 5.82. The first kappa shape index (κ1) is 29.4. The lowest BCUT2D eigenvalue weighted by molar-refractivity contribution is -0.146. The minimum absolute atomic E-state index is 0.274. The highest BCUT2D eigenvalue weighted by molar-refractivity contribution is 6.05. The summed E-state index contributed by atoms with van der Waals surface area (Å²) in [5.74, 6) is -0.210. The molecule has 0 amide bonds. The topological polar surface area (TPSA) is 89.3 Å². The van der Waals surface area contributed by atoms with Crippen molar-refractivity contribution in [3.05, 3.63) is 93.9 Å². The quantitative estimate of drug-likeness (QED) is 0.339. The number of aromatic nitrogens is 2. The Balaban J connectivity index is 1.52. The number of aliphatic imine (C=N–C) groups is 1. The number of hydrogen-bond acceptors (Lipinski definition) is 8. The molecule has 5 rings (SSSR count). The SMILES string of the molecule is CCOC(=O)C1C(C)=Nc2c(c(N3CCN(CC=Cc4ccccc4)CC3)nc(=O)n2CCOC)C1c1ccccc1. The standard InChI is InChI=1S/C33H39N5O4/c1-4-42-32(39)27-24(2)34-31-29(28(27)26-15-9-6-10-16-26)30(35-33(40)38(31)22-23-41-3)37-20-18-36(19-21-37)17-11-14-25-12-7-5-8-13-25/h5-16,27-28H,4,17-23H2,1-3H3. The van der Waals surface area contributed by atoms with Crippen molar-refractivity contribution in [3.63, 3.8) is 0 Å². The van der Waals surface area contributed by atoms with Crippen molar-refractivity contribution < 1.29 is 14.3 Å². The first-order valence-electron chi connectivity index (χ1n) is 14.6. The van der Waals surface area contributed by atoms with Gasteiger partial charge in [0, 0.05) is 57.0 Å². The molecule has 1 fully saturated rings. The van der Waals surface area contributed by atoms with E-state index in [-0.39, 0.29) is 18.3 Å². The summed E-state index contributed by atoms with van der Waals surface area (Å²) in [6.45, 7) is 8.47. The zero-order valence-electron chi connectivity index (χ0n) is 24.6. The molecule has 2 atom stereocenters. The molecule has 0 N–H and O–H groups in total. The number of piperazine rings is 1. The summed E-state index contributed by atoms with van der Waals surface area (Å²) < 4.78 is 12.4. The van der Waals surface area contributed by atoms with E-state index in [1.54, 1.807) is 11.7 Å². The highest BCUT2D eigenvalue weighted by atomic mass is 16.5. The third-order valence-electron chi connectivity index (χ3n) is 7.91. The molecule has 1 aromatic heterocycles. The second kappa shape index (κ2) is 13.7. The number of rotatable bonds is 10. The van der Waals surface area contributed by atoms with Crippen LogP contribution >= 0.6 is 0 Å². The van der Waals surface area contributed by atoms with Crippen molar-refractivity contribution in [1.29, 1.82) is 0 Å². The lowest BCUT2D eigenvalue weighted by Crippen LogP contribution is -2.48. The second-order valence-electron chi connectivity index (χ2n) is 10.6. The third-order valence-corrected chi connectivity index (χ3v) is 7.91. The molecule has 220 valence electrons. The third kappa shape index (κ3) is 6.37. The molecular formula is C33H39N5O4. The van der Waals surface area contributed by atoms with Gasteiger partial charge in [0.2, 0.25) is 0 Å². The van der Waals surface area contributed by atoms with Crippen LogP contribution in [0.2, 0.25) is 0 Å². The van der Waals surface area contributed by atoms with Gasteiger partial charge < -0.3 is 14.4 Å². The Morgan fingerprint density at radius 3 is 2.38 bits per heavy atom. The van der Waals surface area contributed by atoms with Crippen molar-refractivity contribution in [2.45, 2.75) is 26.3 Å². The van der Waals surface area contributed by atoms with Gasteiger partial charge in [-0.2, -0.15) is 4.98 Å². The van der Waals surface area contributed by atoms with Crippen LogP contribution in [0, 0.1) is 5.92 Å². The summed E-state index contributed by atoms with van der Waals surface area (Å²) in [4.78, 5) is 41.0. The van der Waals surface area contributed by atoms with Gasteiger partial charge in [0.25, 0.3) is 0 Å². The number of esters is 1. The lowest BCUT2D eigenvalue weighted by Gasteiger charge is -2.39. The predicted molar refractivity (Wildman–Crippen MR) is 166 cm³/mol. The minimum Gasteiger partial charge on any atom is -0.465 e. The maximum absolute atomic E-state index is 13.5. The molecular weight excluding hydrogens is 530 g/mol. The van der Waals surface area contributed by atoms with Crippen molar-refractivity contribution in [2.75, 3.05) is 57.9 Å². The average molecular weight is 570 g/mol. The molecule has 3 aromatic rings. The zero-order valence-corrected chi connectivity index (χ0v) is 24.6. The highest BCUT2D eigenvalue weighted by Gasteiger charge is 2.42. The Bertz CT molecular complexity index is 1480. The number of carbonyl (C=O) groups is 1. The van der Waals surface area contributed by atoms with E-state index >= 15 is 0 Å². The van der Waals surface area contributed by atoms with Crippen molar-refractivity contribution in [2.24, 2.45) is 10.9 Å². The van der Waals surface area contributed by atoms with Crippen LogP contribution in [-0.2, 0) is 20.8 Å². The number of methoxy groups -OCH3 is 1. The number of ether oxygens (including phenoxy) is 2. The Morgan fingerprint density at radius 2 is 1.71 bits per heavy atom. The van der Waals surface area contributed by atoms with Gasteiger partial charge in [-0.15, -0.1) is 0 Å². The van der Waals surface area contributed by atoms with Gasteiger partial charge in [-0.25, -0.2) is 9.79 Å². The number of hydrogen-bond donors (Lipinski definition) is 0. The normalized spacial score (nSPS) is 19.0. The smallest absolute Gasteiger partial charge is 0.351 e. The van der Waals surface area contributed by atoms with Gasteiger partial charge in [-0.1, -0.05) is 72.8 Å². The molecule has 0 radical (unpaired) electrons. The van der Waals surface area contributed by atoms with Gasteiger partial charge >= 0.3 is 11.7 Å². The summed E-state index contributed by atoms with van der Waals surface area (Å²) >= 11 is 0. The summed E-state index contributed by atoms with van der Waals surface area (Å²) in [5, 5.41) is 0. The highest BCUT2D eigenvalue weighted by Crippen LogP contribution is 2.46. The van der Waals surface area contributed by atoms with Crippen LogP contribution in [0.15, 0.2) is 76.5 Å². The molecule has 0 bridgehead atoms. The maximum Gasteiger partial charge on any atom is 0.351 e. The Kier molecular flexibility index (Phi) is 9.61. The molecule has 0 spiro atoms. The van der Waals surface area contributed by atoms with E-state index in [9.17, 15) is 9.59 Å². The van der Waals surface area contributed by atoms with Gasteiger partial charge in [0.15, 0.2) is 0 Å². The molecule has 42 heavy (non-hydrogen) atoms.